The van der Waals surface area contributed by atoms with Crippen LogP contribution >= 0.6 is 34.7 Å². The van der Waals surface area contributed by atoms with Gasteiger partial charge in [0.05, 0.1) is 24.0 Å². The smallest absolute Gasteiger partial charge is 0.341 e. The summed E-state index contributed by atoms with van der Waals surface area (Å²) in [6.07, 6.45) is 3.82. The zero-order chi connectivity index (χ0) is 28.1. The number of ether oxygens (including phenoxy) is 1. The van der Waals surface area contributed by atoms with E-state index in [2.05, 4.69) is 20.8 Å². The first-order valence-electron chi connectivity index (χ1n) is 12.9. The molecule has 1 aromatic carbocycles. The van der Waals surface area contributed by atoms with Gasteiger partial charge in [0, 0.05) is 22.5 Å². The number of anilines is 1. The zero-order valence-electron chi connectivity index (χ0n) is 22.4. The molecule has 12 heteroatoms. The van der Waals surface area contributed by atoms with E-state index in [-0.39, 0.29) is 30.1 Å². The van der Waals surface area contributed by atoms with E-state index >= 15 is 0 Å². The van der Waals surface area contributed by atoms with Crippen LogP contribution in [-0.2, 0) is 29.4 Å². The molecule has 2 heterocycles. The number of carbonyl (C=O) groups is 3. The van der Waals surface area contributed by atoms with Crippen LogP contribution in [0, 0.1) is 5.92 Å². The fourth-order valence-electron chi connectivity index (χ4n) is 4.44. The van der Waals surface area contributed by atoms with E-state index in [1.807, 2.05) is 20.9 Å². The summed E-state index contributed by atoms with van der Waals surface area (Å²) in [5, 5.41) is 16.2. The summed E-state index contributed by atoms with van der Waals surface area (Å²) in [5.74, 6) is -0.163. The molecule has 3 aromatic rings. The summed E-state index contributed by atoms with van der Waals surface area (Å²) in [4.78, 5) is 39.6. The Hall–Kier alpha value is -2.89. The predicted molar refractivity (Wildman–Crippen MR) is 154 cm³/mol. The van der Waals surface area contributed by atoms with Gasteiger partial charge in [0.25, 0.3) is 5.91 Å². The molecular formula is C27H32ClN5O4S2. The number of hydrogen-bond acceptors (Lipinski definition) is 8. The Morgan fingerprint density at radius 1 is 1.15 bits per heavy atom. The number of aryl methyl sites for hydroxylation is 1. The lowest BCUT2D eigenvalue weighted by molar-refractivity contribution is -0.113. The number of esters is 1. The van der Waals surface area contributed by atoms with Crippen molar-refractivity contribution in [3.8, 4) is 0 Å². The number of rotatable bonds is 10. The Morgan fingerprint density at radius 2 is 1.87 bits per heavy atom. The molecule has 1 atom stereocenters. The number of halogens is 1. The number of thiophene rings is 1. The fraction of sp³-hybridized carbons (Fsp3) is 0.444. The molecule has 39 heavy (non-hydrogen) atoms. The van der Waals surface area contributed by atoms with Crippen LogP contribution in [0.1, 0.15) is 76.6 Å². The molecule has 0 saturated carbocycles. The van der Waals surface area contributed by atoms with Gasteiger partial charge in [-0.25, -0.2) is 4.79 Å². The molecule has 1 aliphatic rings. The lowest BCUT2D eigenvalue weighted by Crippen LogP contribution is -2.33. The van der Waals surface area contributed by atoms with Crippen molar-refractivity contribution in [2.45, 2.75) is 57.7 Å². The number of fused-ring (bicyclic) bond motifs is 1. The molecule has 0 unspecified atom stereocenters. The van der Waals surface area contributed by atoms with Gasteiger partial charge < -0.3 is 19.9 Å². The average molecular weight is 590 g/mol. The molecule has 0 aliphatic heterocycles. The normalized spacial score (nSPS) is 13.6. The molecule has 0 spiro atoms. The third-order valence-electron chi connectivity index (χ3n) is 6.44. The topological polar surface area (TPSA) is 115 Å². The highest BCUT2D eigenvalue weighted by Crippen LogP contribution is 2.38. The van der Waals surface area contributed by atoms with Crippen molar-refractivity contribution in [1.82, 2.24) is 20.1 Å². The van der Waals surface area contributed by atoms with Crippen molar-refractivity contribution in [2.75, 3.05) is 17.7 Å². The minimum atomic E-state index is -0.391. The molecule has 0 radical (unpaired) electrons. The quantitative estimate of drug-likeness (QED) is 0.239. The lowest BCUT2D eigenvalue weighted by atomic mass is 9.95. The molecule has 2 N–H and O–H groups in total. The van der Waals surface area contributed by atoms with Crippen LogP contribution in [0.2, 0.25) is 5.02 Å². The van der Waals surface area contributed by atoms with E-state index in [1.165, 1.54) is 23.1 Å². The summed E-state index contributed by atoms with van der Waals surface area (Å²) in [7, 11) is 1.81. The third-order valence-corrected chi connectivity index (χ3v) is 8.92. The summed E-state index contributed by atoms with van der Waals surface area (Å²) < 4.78 is 7.07. The van der Waals surface area contributed by atoms with E-state index < -0.39 is 12.0 Å². The monoisotopic (exact) mass is 589 g/mol. The van der Waals surface area contributed by atoms with Gasteiger partial charge in [0.1, 0.15) is 5.00 Å². The average Bonchev–Trinajstić information content (AvgIpc) is 3.45. The second kappa shape index (κ2) is 13.0. The van der Waals surface area contributed by atoms with Crippen LogP contribution in [-0.4, -0.2) is 44.9 Å². The van der Waals surface area contributed by atoms with E-state index in [1.54, 1.807) is 35.8 Å². The summed E-state index contributed by atoms with van der Waals surface area (Å²) in [6.45, 7) is 6.03. The number of benzene rings is 1. The van der Waals surface area contributed by atoms with Crippen LogP contribution in [0.15, 0.2) is 29.4 Å². The molecule has 208 valence electrons. The van der Waals surface area contributed by atoms with Gasteiger partial charge in [-0.1, -0.05) is 37.2 Å². The van der Waals surface area contributed by atoms with E-state index in [0.29, 0.717) is 32.1 Å². The van der Waals surface area contributed by atoms with Gasteiger partial charge >= 0.3 is 5.97 Å². The highest BCUT2D eigenvalue weighted by Gasteiger charge is 2.28. The largest absolute Gasteiger partial charge is 0.462 e. The SMILES string of the molecule is CCOC(=O)c1c(NC(=O)CSc2nnc([C@H](NC(=O)c3ccc(Cl)cc3)C(C)C)n2C)sc2c1CCCC2. The second-order valence-corrected chi connectivity index (χ2v) is 12.1. The van der Waals surface area contributed by atoms with Crippen LogP contribution in [0.4, 0.5) is 5.00 Å². The molecule has 0 saturated heterocycles. The first-order chi connectivity index (χ1) is 18.7. The Labute approximate surface area is 241 Å². The highest BCUT2D eigenvalue weighted by atomic mass is 35.5. The number of nitrogens with zero attached hydrogens (tertiary/aromatic N) is 3. The Balaban J connectivity index is 1.43. The fourth-order valence-corrected chi connectivity index (χ4v) is 6.58. The maximum atomic E-state index is 12.9. The molecular weight excluding hydrogens is 558 g/mol. The number of amides is 2. The van der Waals surface area contributed by atoms with Gasteiger partial charge in [-0.3, -0.25) is 9.59 Å². The van der Waals surface area contributed by atoms with Crippen LogP contribution in [0.25, 0.3) is 0 Å². The van der Waals surface area contributed by atoms with Gasteiger partial charge in [0.15, 0.2) is 11.0 Å². The minimum Gasteiger partial charge on any atom is -0.462 e. The van der Waals surface area contributed by atoms with E-state index in [0.717, 1.165) is 36.1 Å². The van der Waals surface area contributed by atoms with E-state index in [9.17, 15) is 14.4 Å². The standard InChI is InChI=1S/C27H32ClN5O4S2/c1-5-37-26(36)21-18-8-6-7-9-19(18)39-25(21)29-20(34)14-38-27-32-31-23(33(27)4)22(15(2)3)30-24(35)16-10-12-17(28)13-11-16/h10-13,15,22H,5-9,14H2,1-4H3,(H,29,34)(H,30,35)/t22-/m1/s1. The zero-order valence-corrected chi connectivity index (χ0v) is 24.8. The molecule has 2 aromatic heterocycles. The number of aromatic nitrogens is 3. The first kappa shape index (κ1) is 29.1. The predicted octanol–water partition coefficient (Wildman–Crippen LogP) is 5.44. The van der Waals surface area contributed by atoms with Crippen LogP contribution in [0.5, 0.6) is 0 Å². The Bertz CT molecular complexity index is 1350. The maximum Gasteiger partial charge on any atom is 0.341 e. The Morgan fingerprint density at radius 3 is 2.56 bits per heavy atom. The maximum absolute atomic E-state index is 12.9. The number of nitrogens with one attached hydrogen (secondary N) is 2. The first-order valence-corrected chi connectivity index (χ1v) is 15.1. The molecule has 0 bridgehead atoms. The molecule has 9 nitrogen and oxygen atoms in total. The number of hydrogen-bond donors (Lipinski definition) is 2. The highest BCUT2D eigenvalue weighted by molar-refractivity contribution is 7.99. The minimum absolute atomic E-state index is 0.0384. The van der Waals surface area contributed by atoms with Crippen molar-refractivity contribution in [3.63, 3.8) is 0 Å². The van der Waals surface area contributed by atoms with Crippen LogP contribution in [0.3, 0.4) is 0 Å². The van der Waals surface area contributed by atoms with Gasteiger partial charge in [-0.2, -0.15) is 0 Å². The van der Waals surface area contributed by atoms with Crippen molar-refractivity contribution >= 4 is 57.5 Å². The van der Waals surface area contributed by atoms with Gasteiger partial charge in [0.2, 0.25) is 5.91 Å². The summed E-state index contributed by atoms with van der Waals surface area (Å²) in [5.41, 5.74) is 1.99. The van der Waals surface area contributed by atoms with Crippen molar-refractivity contribution in [2.24, 2.45) is 13.0 Å². The van der Waals surface area contributed by atoms with Crippen LogP contribution < -0.4 is 10.6 Å². The molecule has 0 fully saturated rings. The third kappa shape index (κ3) is 6.82. The van der Waals surface area contributed by atoms with Crippen molar-refractivity contribution < 1.29 is 19.1 Å². The van der Waals surface area contributed by atoms with E-state index in [4.69, 9.17) is 16.3 Å². The van der Waals surface area contributed by atoms with Crippen molar-refractivity contribution in [1.29, 1.82) is 0 Å². The Kier molecular flexibility index (Phi) is 9.68. The number of thioether (sulfide) groups is 1. The van der Waals surface area contributed by atoms with Crippen molar-refractivity contribution in [3.05, 3.63) is 56.7 Å². The molecule has 1 aliphatic carbocycles. The summed E-state index contributed by atoms with van der Waals surface area (Å²) >= 11 is 8.64. The van der Waals surface area contributed by atoms with Gasteiger partial charge in [-0.15, -0.1) is 21.5 Å². The molecule has 4 rings (SSSR count). The number of carbonyl (C=O) groups excluding carboxylic acids is 3. The second-order valence-electron chi connectivity index (χ2n) is 9.57. The lowest BCUT2D eigenvalue weighted by Gasteiger charge is -2.21. The van der Waals surface area contributed by atoms with Gasteiger partial charge in [-0.05, 0) is 68.4 Å². The molecule has 2 amide bonds. The summed E-state index contributed by atoms with van der Waals surface area (Å²) in [6, 6.07) is 6.29.